The van der Waals surface area contributed by atoms with E-state index in [2.05, 4.69) is 32.2 Å². The summed E-state index contributed by atoms with van der Waals surface area (Å²) >= 11 is 6.18. The second-order valence-electron chi connectivity index (χ2n) is 4.30. The molecule has 2 heteroatoms. The summed E-state index contributed by atoms with van der Waals surface area (Å²) < 4.78 is 0. The average Bonchev–Trinajstić information content (AvgIpc) is 2.30. The van der Waals surface area contributed by atoms with Crippen LogP contribution in [-0.2, 0) is 0 Å². The second kappa shape index (κ2) is 6.27. The third-order valence-electron chi connectivity index (χ3n) is 3.48. The molecule has 1 N–H and O–H groups in total. The molecule has 90 valence electrons. The van der Waals surface area contributed by atoms with Crippen molar-refractivity contribution in [3.05, 3.63) is 34.3 Å². The lowest BCUT2D eigenvalue weighted by Gasteiger charge is -2.27. The standard InChI is InChI=1S/C14H22ClN/c1-5-11(6-2)14(16-4)12-8-7-9-13(15)10(12)3/h7-9,11,14,16H,5-6H2,1-4H3. The molecule has 0 bridgehead atoms. The highest BCUT2D eigenvalue weighted by Crippen LogP contribution is 2.31. The summed E-state index contributed by atoms with van der Waals surface area (Å²) in [6, 6.07) is 6.59. The smallest absolute Gasteiger partial charge is 0.0438 e. The molecule has 0 spiro atoms. The summed E-state index contributed by atoms with van der Waals surface area (Å²) in [5, 5.41) is 4.29. The maximum Gasteiger partial charge on any atom is 0.0438 e. The fraction of sp³-hybridized carbons (Fsp3) is 0.571. The molecule has 1 nitrogen and oxygen atoms in total. The van der Waals surface area contributed by atoms with Crippen LogP contribution in [0.15, 0.2) is 18.2 Å². The third-order valence-corrected chi connectivity index (χ3v) is 3.89. The Kier molecular flexibility index (Phi) is 5.30. The molecule has 1 rings (SSSR count). The Morgan fingerprint density at radius 1 is 1.25 bits per heavy atom. The van der Waals surface area contributed by atoms with Crippen LogP contribution in [0.3, 0.4) is 0 Å². The number of hydrogen-bond donors (Lipinski definition) is 1. The number of halogens is 1. The topological polar surface area (TPSA) is 12.0 Å². The molecule has 1 aromatic carbocycles. The van der Waals surface area contributed by atoms with E-state index in [0.29, 0.717) is 12.0 Å². The predicted molar refractivity (Wildman–Crippen MR) is 72.1 cm³/mol. The van der Waals surface area contributed by atoms with Gasteiger partial charge in [0.1, 0.15) is 0 Å². The van der Waals surface area contributed by atoms with Crippen LogP contribution >= 0.6 is 11.6 Å². The van der Waals surface area contributed by atoms with Gasteiger partial charge in [-0.1, -0.05) is 50.4 Å². The molecule has 16 heavy (non-hydrogen) atoms. The van der Waals surface area contributed by atoms with Gasteiger partial charge >= 0.3 is 0 Å². The maximum absolute atomic E-state index is 6.18. The summed E-state index contributed by atoms with van der Waals surface area (Å²) in [7, 11) is 2.03. The molecule has 1 aromatic rings. The minimum Gasteiger partial charge on any atom is -0.313 e. The quantitative estimate of drug-likeness (QED) is 0.806. The molecule has 0 saturated carbocycles. The summed E-state index contributed by atoms with van der Waals surface area (Å²) in [5.41, 5.74) is 2.54. The van der Waals surface area contributed by atoms with Crippen molar-refractivity contribution >= 4 is 11.6 Å². The Labute approximate surface area is 104 Å². The third kappa shape index (κ3) is 2.78. The Morgan fingerprint density at radius 3 is 2.38 bits per heavy atom. The number of hydrogen-bond acceptors (Lipinski definition) is 1. The van der Waals surface area contributed by atoms with Crippen molar-refractivity contribution in [1.82, 2.24) is 5.32 Å². The van der Waals surface area contributed by atoms with Crippen molar-refractivity contribution < 1.29 is 0 Å². The van der Waals surface area contributed by atoms with Gasteiger partial charge in [0, 0.05) is 11.1 Å². The summed E-state index contributed by atoms with van der Waals surface area (Å²) in [6.45, 7) is 6.60. The van der Waals surface area contributed by atoms with E-state index in [9.17, 15) is 0 Å². The molecule has 0 aliphatic carbocycles. The van der Waals surface area contributed by atoms with Gasteiger partial charge in [-0.25, -0.2) is 0 Å². The highest BCUT2D eigenvalue weighted by Gasteiger charge is 2.20. The zero-order chi connectivity index (χ0) is 12.1. The Bertz CT molecular complexity index is 332. The van der Waals surface area contributed by atoms with Gasteiger partial charge in [-0.2, -0.15) is 0 Å². The molecule has 0 aliphatic rings. The van der Waals surface area contributed by atoms with Crippen LogP contribution in [0.1, 0.15) is 43.9 Å². The number of rotatable bonds is 5. The van der Waals surface area contributed by atoms with Crippen molar-refractivity contribution in [3.63, 3.8) is 0 Å². The summed E-state index contributed by atoms with van der Waals surface area (Å²) in [4.78, 5) is 0. The van der Waals surface area contributed by atoms with Crippen LogP contribution in [0.25, 0.3) is 0 Å². The van der Waals surface area contributed by atoms with Crippen LogP contribution in [0.4, 0.5) is 0 Å². The fourth-order valence-electron chi connectivity index (χ4n) is 2.37. The number of nitrogens with one attached hydrogen (secondary N) is 1. The van der Waals surface area contributed by atoms with Crippen molar-refractivity contribution in [3.8, 4) is 0 Å². The van der Waals surface area contributed by atoms with Crippen molar-refractivity contribution in [2.45, 2.75) is 39.7 Å². The molecule has 1 unspecified atom stereocenters. The zero-order valence-corrected chi connectivity index (χ0v) is 11.4. The van der Waals surface area contributed by atoms with Gasteiger partial charge < -0.3 is 5.32 Å². The van der Waals surface area contributed by atoms with Crippen molar-refractivity contribution in [1.29, 1.82) is 0 Å². The van der Waals surface area contributed by atoms with E-state index in [1.807, 2.05) is 19.2 Å². The van der Waals surface area contributed by atoms with E-state index in [1.54, 1.807) is 0 Å². The summed E-state index contributed by atoms with van der Waals surface area (Å²) in [5.74, 6) is 0.669. The van der Waals surface area contributed by atoms with Gasteiger partial charge in [0.15, 0.2) is 0 Å². The van der Waals surface area contributed by atoms with E-state index in [4.69, 9.17) is 11.6 Å². The molecule has 1 atom stereocenters. The zero-order valence-electron chi connectivity index (χ0n) is 10.7. The molecule has 0 fully saturated rings. The molecule has 0 aromatic heterocycles. The lowest BCUT2D eigenvalue weighted by molar-refractivity contribution is 0.358. The Balaban J connectivity index is 3.07. The monoisotopic (exact) mass is 239 g/mol. The van der Waals surface area contributed by atoms with Gasteiger partial charge in [-0.15, -0.1) is 0 Å². The first-order valence-corrected chi connectivity index (χ1v) is 6.45. The largest absolute Gasteiger partial charge is 0.313 e. The first-order valence-electron chi connectivity index (χ1n) is 6.07. The SMILES string of the molecule is CCC(CC)C(NC)c1cccc(Cl)c1C. The van der Waals surface area contributed by atoms with Crippen LogP contribution in [0.2, 0.25) is 5.02 Å². The van der Waals surface area contributed by atoms with E-state index in [-0.39, 0.29) is 0 Å². The Hall–Kier alpha value is -0.530. The van der Waals surface area contributed by atoms with Gasteiger partial charge in [0.2, 0.25) is 0 Å². The molecule has 0 amide bonds. The lowest BCUT2D eigenvalue weighted by atomic mass is 9.87. The van der Waals surface area contributed by atoms with Crippen LogP contribution < -0.4 is 5.32 Å². The van der Waals surface area contributed by atoms with Crippen LogP contribution in [-0.4, -0.2) is 7.05 Å². The second-order valence-corrected chi connectivity index (χ2v) is 4.70. The predicted octanol–water partition coefficient (Wildman–Crippen LogP) is 4.35. The molecule has 0 saturated heterocycles. The lowest BCUT2D eigenvalue weighted by Crippen LogP contribution is -2.25. The van der Waals surface area contributed by atoms with E-state index >= 15 is 0 Å². The molecular formula is C14H22ClN. The van der Waals surface area contributed by atoms with Gasteiger partial charge in [-0.05, 0) is 37.1 Å². The van der Waals surface area contributed by atoms with E-state index < -0.39 is 0 Å². The van der Waals surface area contributed by atoms with E-state index in [1.165, 1.54) is 24.0 Å². The van der Waals surface area contributed by atoms with Crippen LogP contribution in [0, 0.1) is 12.8 Å². The van der Waals surface area contributed by atoms with Crippen molar-refractivity contribution in [2.24, 2.45) is 5.92 Å². The van der Waals surface area contributed by atoms with Crippen molar-refractivity contribution in [2.75, 3.05) is 7.05 Å². The van der Waals surface area contributed by atoms with Gasteiger partial charge in [0.25, 0.3) is 0 Å². The number of benzene rings is 1. The maximum atomic E-state index is 6.18. The Morgan fingerprint density at radius 2 is 1.88 bits per heavy atom. The normalized spacial score (nSPS) is 13.1. The van der Waals surface area contributed by atoms with E-state index in [0.717, 1.165) is 5.02 Å². The molecular weight excluding hydrogens is 218 g/mol. The molecule has 0 heterocycles. The molecule has 0 radical (unpaired) electrons. The minimum absolute atomic E-state index is 0.411. The summed E-state index contributed by atoms with van der Waals surface area (Å²) in [6.07, 6.45) is 2.38. The van der Waals surface area contributed by atoms with Crippen LogP contribution in [0.5, 0.6) is 0 Å². The average molecular weight is 240 g/mol. The highest BCUT2D eigenvalue weighted by molar-refractivity contribution is 6.31. The fourth-order valence-corrected chi connectivity index (χ4v) is 2.55. The minimum atomic E-state index is 0.411. The first kappa shape index (κ1) is 13.5. The first-order chi connectivity index (χ1) is 7.65. The highest BCUT2D eigenvalue weighted by atomic mass is 35.5. The van der Waals surface area contributed by atoms with Gasteiger partial charge in [-0.3, -0.25) is 0 Å². The van der Waals surface area contributed by atoms with Gasteiger partial charge in [0.05, 0.1) is 0 Å². The molecule has 0 aliphatic heterocycles.